The van der Waals surface area contributed by atoms with Crippen molar-refractivity contribution in [2.45, 2.75) is 26.7 Å². The summed E-state index contributed by atoms with van der Waals surface area (Å²) in [4.78, 5) is 0. The van der Waals surface area contributed by atoms with Crippen LogP contribution in [0.3, 0.4) is 0 Å². The number of fused-ring (bicyclic) bond motifs is 3. The molecule has 1 N–H and O–H groups in total. The molecule has 1 heteroatoms. The van der Waals surface area contributed by atoms with Crippen molar-refractivity contribution in [3.8, 4) is 0 Å². The van der Waals surface area contributed by atoms with Crippen LogP contribution in [0.25, 0.3) is 0 Å². The van der Waals surface area contributed by atoms with E-state index in [-0.39, 0.29) is 0 Å². The van der Waals surface area contributed by atoms with Crippen molar-refractivity contribution in [1.82, 2.24) is 5.32 Å². The first-order valence-corrected chi connectivity index (χ1v) is 5.06. The van der Waals surface area contributed by atoms with Gasteiger partial charge >= 0.3 is 0 Å². The Balaban J connectivity index is 2.24. The maximum atomic E-state index is 3.55. The summed E-state index contributed by atoms with van der Waals surface area (Å²) >= 11 is 0. The molecule has 2 unspecified atom stereocenters. The molecule has 68 valence electrons. The predicted octanol–water partition coefficient (Wildman–Crippen LogP) is 2.20. The van der Waals surface area contributed by atoms with Gasteiger partial charge in [0.2, 0.25) is 0 Å². The maximum Gasteiger partial charge on any atom is 0.00145 e. The summed E-state index contributed by atoms with van der Waals surface area (Å²) in [6, 6.07) is 0. The Morgan fingerprint density at radius 1 is 1.33 bits per heavy atom. The molecule has 1 saturated heterocycles. The standard InChI is InChI=1S/C11H19N/c1-11(2)6-9-4-3-5-10(11)8-12-7-9/h3-4,9-10,12H,5-8H2,1-2H3. The normalized spacial score (nSPS) is 39.2. The smallest absolute Gasteiger partial charge is 0.00145 e. The minimum absolute atomic E-state index is 0.539. The van der Waals surface area contributed by atoms with Gasteiger partial charge in [0, 0.05) is 6.54 Å². The third kappa shape index (κ3) is 1.42. The first-order valence-electron chi connectivity index (χ1n) is 5.06. The molecule has 2 atom stereocenters. The molecule has 0 aromatic rings. The lowest BCUT2D eigenvalue weighted by Crippen LogP contribution is -2.29. The molecule has 12 heavy (non-hydrogen) atoms. The molecule has 2 rings (SSSR count). The summed E-state index contributed by atoms with van der Waals surface area (Å²) in [5, 5.41) is 3.55. The molecule has 2 bridgehead atoms. The predicted molar refractivity (Wildman–Crippen MR) is 52.0 cm³/mol. The first-order chi connectivity index (χ1) is 5.68. The molecule has 1 heterocycles. The summed E-state index contributed by atoms with van der Waals surface area (Å²) in [5.74, 6) is 1.63. The second kappa shape index (κ2) is 2.88. The molecule has 1 aliphatic heterocycles. The van der Waals surface area contributed by atoms with E-state index in [2.05, 4.69) is 31.3 Å². The van der Waals surface area contributed by atoms with Gasteiger partial charge in [-0.15, -0.1) is 0 Å². The van der Waals surface area contributed by atoms with Crippen LogP contribution in [0.1, 0.15) is 26.7 Å². The van der Waals surface area contributed by atoms with Gasteiger partial charge in [-0.3, -0.25) is 0 Å². The van der Waals surface area contributed by atoms with Crippen molar-refractivity contribution in [3.05, 3.63) is 12.2 Å². The summed E-state index contributed by atoms with van der Waals surface area (Å²) in [6.45, 7) is 7.25. The van der Waals surface area contributed by atoms with E-state index in [1.54, 1.807) is 0 Å². The van der Waals surface area contributed by atoms with Gasteiger partial charge in [-0.2, -0.15) is 0 Å². The van der Waals surface area contributed by atoms with Crippen molar-refractivity contribution >= 4 is 0 Å². The lowest BCUT2D eigenvalue weighted by atomic mass is 9.74. The van der Waals surface area contributed by atoms with Crippen LogP contribution in [-0.4, -0.2) is 13.1 Å². The van der Waals surface area contributed by atoms with Gasteiger partial charge in [-0.05, 0) is 36.6 Å². The molecule has 1 nitrogen and oxygen atoms in total. The van der Waals surface area contributed by atoms with Crippen molar-refractivity contribution in [1.29, 1.82) is 0 Å². The van der Waals surface area contributed by atoms with Crippen LogP contribution in [0.2, 0.25) is 0 Å². The highest BCUT2D eigenvalue weighted by Gasteiger charge is 2.34. The number of hydrogen-bond acceptors (Lipinski definition) is 1. The number of hydrogen-bond donors (Lipinski definition) is 1. The van der Waals surface area contributed by atoms with Crippen molar-refractivity contribution in [3.63, 3.8) is 0 Å². The molecule has 0 aromatic carbocycles. The van der Waals surface area contributed by atoms with Crippen LogP contribution in [-0.2, 0) is 0 Å². The summed E-state index contributed by atoms with van der Waals surface area (Å²) < 4.78 is 0. The number of allylic oxidation sites excluding steroid dienone is 1. The van der Waals surface area contributed by atoms with E-state index in [1.165, 1.54) is 25.9 Å². The van der Waals surface area contributed by atoms with E-state index in [4.69, 9.17) is 0 Å². The summed E-state index contributed by atoms with van der Waals surface area (Å²) in [6.07, 6.45) is 7.44. The van der Waals surface area contributed by atoms with Gasteiger partial charge in [0.1, 0.15) is 0 Å². The maximum absolute atomic E-state index is 3.55. The molecule has 1 aliphatic carbocycles. The second-order valence-corrected chi connectivity index (χ2v) is 4.97. The van der Waals surface area contributed by atoms with E-state index >= 15 is 0 Å². The third-order valence-corrected chi connectivity index (χ3v) is 3.52. The quantitative estimate of drug-likeness (QED) is 0.543. The Morgan fingerprint density at radius 2 is 2.17 bits per heavy atom. The number of nitrogens with one attached hydrogen (secondary N) is 1. The van der Waals surface area contributed by atoms with Crippen molar-refractivity contribution in [2.24, 2.45) is 17.3 Å². The monoisotopic (exact) mass is 165 g/mol. The molecular weight excluding hydrogens is 146 g/mol. The van der Waals surface area contributed by atoms with Crippen LogP contribution in [0.4, 0.5) is 0 Å². The fourth-order valence-corrected chi connectivity index (χ4v) is 2.61. The lowest BCUT2D eigenvalue weighted by molar-refractivity contribution is 0.204. The zero-order valence-electron chi connectivity index (χ0n) is 8.14. The van der Waals surface area contributed by atoms with Crippen LogP contribution in [0.5, 0.6) is 0 Å². The highest BCUT2D eigenvalue weighted by molar-refractivity contribution is 5.02. The lowest BCUT2D eigenvalue weighted by Gasteiger charge is -2.31. The van der Waals surface area contributed by atoms with Gasteiger partial charge in [-0.25, -0.2) is 0 Å². The topological polar surface area (TPSA) is 12.0 Å². The minimum Gasteiger partial charge on any atom is -0.316 e. The molecular formula is C11H19N. The SMILES string of the molecule is CC1(C)CC2C=CCC1CNC2. The molecule has 0 saturated carbocycles. The average molecular weight is 165 g/mol. The fourth-order valence-electron chi connectivity index (χ4n) is 2.61. The van der Waals surface area contributed by atoms with E-state index in [9.17, 15) is 0 Å². The van der Waals surface area contributed by atoms with E-state index in [0.29, 0.717) is 5.41 Å². The van der Waals surface area contributed by atoms with Gasteiger partial charge in [-0.1, -0.05) is 26.0 Å². The van der Waals surface area contributed by atoms with Gasteiger partial charge in [0.05, 0.1) is 0 Å². The van der Waals surface area contributed by atoms with E-state index in [1.807, 2.05) is 0 Å². The summed E-state index contributed by atoms with van der Waals surface area (Å²) in [5.41, 5.74) is 0.539. The van der Waals surface area contributed by atoms with Gasteiger partial charge in [0.25, 0.3) is 0 Å². The van der Waals surface area contributed by atoms with Crippen LogP contribution in [0.15, 0.2) is 12.2 Å². The zero-order valence-corrected chi connectivity index (χ0v) is 8.14. The zero-order chi connectivity index (χ0) is 8.60. The summed E-state index contributed by atoms with van der Waals surface area (Å²) in [7, 11) is 0. The van der Waals surface area contributed by atoms with Gasteiger partial charge < -0.3 is 5.32 Å². The molecule has 1 fully saturated rings. The van der Waals surface area contributed by atoms with E-state index in [0.717, 1.165) is 11.8 Å². The minimum atomic E-state index is 0.539. The first kappa shape index (κ1) is 8.31. The van der Waals surface area contributed by atoms with Gasteiger partial charge in [0.15, 0.2) is 0 Å². The average Bonchev–Trinajstić information content (AvgIpc) is 2.12. The Morgan fingerprint density at radius 3 is 3.00 bits per heavy atom. The molecule has 0 radical (unpaired) electrons. The Labute approximate surface area is 75.2 Å². The van der Waals surface area contributed by atoms with Crippen molar-refractivity contribution < 1.29 is 0 Å². The van der Waals surface area contributed by atoms with Crippen LogP contribution < -0.4 is 5.32 Å². The molecule has 2 aliphatic rings. The molecule has 0 aromatic heterocycles. The molecule has 0 spiro atoms. The van der Waals surface area contributed by atoms with E-state index < -0.39 is 0 Å². The highest BCUT2D eigenvalue weighted by atomic mass is 14.9. The largest absolute Gasteiger partial charge is 0.316 e. The molecule has 0 amide bonds. The second-order valence-electron chi connectivity index (χ2n) is 4.97. The number of rotatable bonds is 0. The highest BCUT2D eigenvalue weighted by Crippen LogP contribution is 2.40. The van der Waals surface area contributed by atoms with Crippen LogP contribution in [0, 0.1) is 17.3 Å². The Bertz CT molecular complexity index is 193. The van der Waals surface area contributed by atoms with Crippen molar-refractivity contribution in [2.75, 3.05) is 13.1 Å². The fraction of sp³-hybridized carbons (Fsp3) is 0.818. The Hall–Kier alpha value is -0.300. The Kier molecular flexibility index (Phi) is 1.99. The van der Waals surface area contributed by atoms with Crippen LogP contribution >= 0.6 is 0 Å². The third-order valence-electron chi connectivity index (χ3n) is 3.52.